The van der Waals surface area contributed by atoms with Crippen LogP contribution >= 0.6 is 0 Å². The Hall–Kier alpha value is -1.30. The molecule has 0 atom stereocenters. The summed E-state index contributed by atoms with van der Waals surface area (Å²) < 4.78 is 4.76. The second kappa shape index (κ2) is 5.55. The van der Waals surface area contributed by atoms with Crippen molar-refractivity contribution in [2.24, 2.45) is 0 Å². The van der Waals surface area contributed by atoms with Gasteiger partial charge in [0.05, 0.1) is 6.61 Å². The van der Waals surface area contributed by atoms with Crippen LogP contribution in [0, 0.1) is 0 Å². The predicted octanol–water partition coefficient (Wildman–Crippen LogP) is -0.721. The number of hydrogen-bond donors (Lipinski definition) is 1. The maximum absolute atomic E-state index is 11.3. The summed E-state index contributed by atoms with van der Waals surface area (Å²) in [6.07, 6.45) is -0.424. The highest BCUT2D eigenvalue weighted by molar-refractivity contribution is 5.74. The molecule has 1 saturated heterocycles. The molecule has 0 bridgehead atoms. The summed E-state index contributed by atoms with van der Waals surface area (Å²) in [7, 11) is 0. The molecule has 6 heteroatoms. The molecule has 0 unspecified atom stereocenters. The van der Waals surface area contributed by atoms with Crippen molar-refractivity contribution in [3.63, 3.8) is 0 Å². The Bertz CT molecular complexity index is 236. The second-order valence-electron chi connectivity index (χ2n) is 3.33. The Morgan fingerprint density at radius 3 is 2.20 bits per heavy atom. The van der Waals surface area contributed by atoms with Crippen LogP contribution in [-0.4, -0.2) is 66.3 Å². The van der Waals surface area contributed by atoms with E-state index in [0.29, 0.717) is 26.2 Å². The topological polar surface area (TPSA) is 70.1 Å². The van der Waals surface area contributed by atoms with Crippen LogP contribution in [-0.2, 0) is 9.53 Å². The molecule has 0 aliphatic carbocycles. The molecule has 0 aromatic carbocycles. The maximum Gasteiger partial charge on any atom is 0.409 e. The van der Waals surface area contributed by atoms with Crippen molar-refractivity contribution in [2.45, 2.75) is 6.92 Å². The number of nitrogens with zero attached hydrogens (tertiary/aromatic N) is 2. The lowest BCUT2D eigenvalue weighted by atomic mass is 10.3. The van der Waals surface area contributed by atoms with E-state index in [2.05, 4.69) is 0 Å². The Kier molecular flexibility index (Phi) is 4.36. The average molecular weight is 216 g/mol. The molecule has 0 spiro atoms. The molecular formula is C9H16N2O4. The zero-order valence-corrected chi connectivity index (χ0v) is 8.81. The van der Waals surface area contributed by atoms with Gasteiger partial charge < -0.3 is 19.6 Å². The fourth-order valence-electron chi connectivity index (χ4n) is 1.43. The van der Waals surface area contributed by atoms with E-state index in [0.717, 1.165) is 0 Å². The van der Waals surface area contributed by atoms with Crippen molar-refractivity contribution in [2.75, 3.05) is 39.4 Å². The zero-order valence-electron chi connectivity index (χ0n) is 8.81. The summed E-state index contributed by atoms with van der Waals surface area (Å²) in [5, 5.41) is 8.48. The number of carbonyl (C=O) groups excluding carboxylic acids is 2. The second-order valence-corrected chi connectivity index (χ2v) is 3.33. The van der Waals surface area contributed by atoms with E-state index < -0.39 is 6.09 Å². The fourth-order valence-corrected chi connectivity index (χ4v) is 1.43. The first kappa shape index (κ1) is 11.8. The molecule has 1 aliphatic heterocycles. The van der Waals surface area contributed by atoms with Crippen molar-refractivity contribution in [3.05, 3.63) is 0 Å². The highest BCUT2D eigenvalue weighted by Gasteiger charge is 2.22. The van der Waals surface area contributed by atoms with Gasteiger partial charge in [-0.05, 0) is 0 Å². The first-order valence-electron chi connectivity index (χ1n) is 4.93. The van der Waals surface area contributed by atoms with Gasteiger partial charge in [0.15, 0.2) is 0 Å². The number of hydrogen-bond acceptors (Lipinski definition) is 4. The minimum Gasteiger partial charge on any atom is -0.447 e. The van der Waals surface area contributed by atoms with Gasteiger partial charge in [-0.2, -0.15) is 0 Å². The van der Waals surface area contributed by atoms with E-state index in [4.69, 9.17) is 9.84 Å². The van der Waals surface area contributed by atoms with Crippen molar-refractivity contribution >= 4 is 12.0 Å². The van der Waals surface area contributed by atoms with Gasteiger partial charge in [-0.1, -0.05) is 0 Å². The fraction of sp³-hybridized carbons (Fsp3) is 0.778. The van der Waals surface area contributed by atoms with E-state index >= 15 is 0 Å². The largest absolute Gasteiger partial charge is 0.447 e. The van der Waals surface area contributed by atoms with Gasteiger partial charge in [-0.15, -0.1) is 0 Å². The standard InChI is InChI=1S/C9H16N2O4/c1-8(13)10-2-4-11(5-3-10)9(14)15-7-6-12/h12H,2-7H2,1H3. The smallest absolute Gasteiger partial charge is 0.409 e. The van der Waals surface area contributed by atoms with Crippen LogP contribution in [0.3, 0.4) is 0 Å². The Balaban J connectivity index is 2.30. The third-order valence-electron chi connectivity index (χ3n) is 2.30. The molecule has 0 aromatic heterocycles. The summed E-state index contributed by atoms with van der Waals surface area (Å²) in [4.78, 5) is 25.6. The average Bonchev–Trinajstić information content (AvgIpc) is 2.26. The zero-order chi connectivity index (χ0) is 11.3. The van der Waals surface area contributed by atoms with Gasteiger partial charge in [0, 0.05) is 33.1 Å². The van der Waals surface area contributed by atoms with Gasteiger partial charge in [0.1, 0.15) is 6.61 Å². The van der Waals surface area contributed by atoms with Crippen molar-refractivity contribution < 1.29 is 19.4 Å². The Morgan fingerprint density at radius 2 is 1.73 bits per heavy atom. The lowest BCUT2D eigenvalue weighted by Crippen LogP contribution is -2.50. The molecule has 0 radical (unpaired) electrons. The monoisotopic (exact) mass is 216 g/mol. The minimum absolute atomic E-state index is 0.0196. The number of rotatable bonds is 2. The van der Waals surface area contributed by atoms with Gasteiger partial charge >= 0.3 is 6.09 Å². The van der Waals surface area contributed by atoms with E-state index in [1.165, 1.54) is 11.8 Å². The number of amides is 2. The summed E-state index contributed by atoms with van der Waals surface area (Å²) in [6.45, 7) is 3.44. The van der Waals surface area contributed by atoms with Gasteiger partial charge in [0.25, 0.3) is 0 Å². The lowest BCUT2D eigenvalue weighted by Gasteiger charge is -2.33. The first-order valence-corrected chi connectivity index (χ1v) is 4.93. The van der Waals surface area contributed by atoms with Crippen molar-refractivity contribution in [1.29, 1.82) is 0 Å². The maximum atomic E-state index is 11.3. The van der Waals surface area contributed by atoms with E-state index in [1.54, 1.807) is 4.90 Å². The van der Waals surface area contributed by atoms with Crippen LogP contribution in [0.25, 0.3) is 0 Å². The third kappa shape index (κ3) is 3.39. The Morgan fingerprint density at radius 1 is 1.20 bits per heavy atom. The van der Waals surface area contributed by atoms with E-state index in [-0.39, 0.29) is 19.1 Å². The Labute approximate surface area is 88.4 Å². The van der Waals surface area contributed by atoms with Crippen molar-refractivity contribution in [1.82, 2.24) is 9.80 Å². The van der Waals surface area contributed by atoms with Crippen LogP contribution in [0.5, 0.6) is 0 Å². The summed E-state index contributed by atoms with van der Waals surface area (Å²) in [5.41, 5.74) is 0. The molecule has 1 aliphatic rings. The molecule has 15 heavy (non-hydrogen) atoms. The molecule has 1 fully saturated rings. The molecule has 6 nitrogen and oxygen atoms in total. The summed E-state index contributed by atoms with van der Waals surface area (Å²) >= 11 is 0. The molecule has 1 N–H and O–H groups in total. The molecule has 86 valence electrons. The number of aliphatic hydroxyl groups excluding tert-OH is 1. The quantitative estimate of drug-likeness (QED) is 0.661. The first-order chi connectivity index (χ1) is 7.15. The molecule has 0 saturated carbocycles. The highest BCUT2D eigenvalue weighted by atomic mass is 16.6. The molecule has 0 aromatic rings. The summed E-state index contributed by atoms with van der Waals surface area (Å²) in [6, 6.07) is 0. The number of carbonyl (C=O) groups is 2. The molecule has 1 heterocycles. The molecular weight excluding hydrogens is 200 g/mol. The van der Waals surface area contributed by atoms with Crippen LogP contribution in [0.2, 0.25) is 0 Å². The molecule has 2 amide bonds. The van der Waals surface area contributed by atoms with Gasteiger partial charge in [-0.3, -0.25) is 4.79 Å². The highest BCUT2D eigenvalue weighted by Crippen LogP contribution is 2.03. The van der Waals surface area contributed by atoms with E-state index in [9.17, 15) is 9.59 Å². The third-order valence-corrected chi connectivity index (χ3v) is 2.30. The number of piperazine rings is 1. The van der Waals surface area contributed by atoms with Crippen molar-refractivity contribution in [3.8, 4) is 0 Å². The minimum atomic E-state index is -0.424. The number of ether oxygens (including phenoxy) is 1. The number of aliphatic hydroxyl groups is 1. The van der Waals surface area contributed by atoms with Gasteiger partial charge in [-0.25, -0.2) is 4.79 Å². The summed E-state index contributed by atoms with van der Waals surface area (Å²) in [5.74, 6) is 0.0263. The van der Waals surface area contributed by atoms with Crippen LogP contribution in [0.15, 0.2) is 0 Å². The predicted molar refractivity (Wildman–Crippen MR) is 52.3 cm³/mol. The van der Waals surface area contributed by atoms with E-state index in [1.807, 2.05) is 0 Å². The normalized spacial score (nSPS) is 16.4. The lowest BCUT2D eigenvalue weighted by molar-refractivity contribution is -0.130. The van der Waals surface area contributed by atoms with Crippen LogP contribution in [0.1, 0.15) is 6.92 Å². The van der Waals surface area contributed by atoms with Gasteiger partial charge in [0.2, 0.25) is 5.91 Å². The van der Waals surface area contributed by atoms with Crippen LogP contribution < -0.4 is 0 Å². The van der Waals surface area contributed by atoms with Crippen LogP contribution in [0.4, 0.5) is 4.79 Å². The SMILES string of the molecule is CC(=O)N1CCN(C(=O)OCCO)CC1. The molecule has 1 rings (SSSR count).